The van der Waals surface area contributed by atoms with Gasteiger partial charge in [0.25, 0.3) is 5.91 Å². The number of nitrogens with one attached hydrogen (secondary N) is 2. The van der Waals surface area contributed by atoms with E-state index in [2.05, 4.69) is 20.5 Å². The molecule has 0 saturated heterocycles. The van der Waals surface area contributed by atoms with E-state index >= 15 is 0 Å². The van der Waals surface area contributed by atoms with E-state index in [4.69, 9.17) is 0 Å². The maximum Gasteiger partial charge on any atom is 0.250 e. The molecule has 2 aromatic carbocycles. The monoisotopic (exact) mass is 322 g/mol. The van der Waals surface area contributed by atoms with Gasteiger partial charge in [-0.05, 0) is 17.7 Å². The largest absolute Gasteiger partial charge is 0.333 e. The number of carbonyl (C=O) groups is 1. The van der Waals surface area contributed by atoms with Crippen LogP contribution in [0, 0.1) is 0 Å². The van der Waals surface area contributed by atoms with Crippen LogP contribution in [-0.4, -0.2) is 35.7 Å². The highest BCUT2D eigenvalue weighted by molar-refractivity contribution is 7.99. The summed E-state index contributed by atoms with van der Waals surface area (Å²) in [4.78, 5) is 19.4. The summed E-state index contributed by atoms with van der Waals surface area (Å²) in [5.74, 6) is 0.0877. The SMILES string of the molecule is Bc1cccc(/C=N/NC(=O)CSc2nc3ccccc3[nH]2)c1. The van der Waals surface area contributed by atoms with E-state index in [1.165, 1.54) is 11.8 Å². The summed E-state index contributed by atoms with van der Waals surface area (Å²) in [5.41, 5.74) is 6.49. The van der Waals surface area contributed by atoms with E-state index in [1.54, 1.807) is 6.21 Å². The number of benzene rings is 2. The molecule has 0 aliphatic rings. The zero-order valence-corrected chi connectivity index (χ0v) is 13.4. The predicted octanol–water partition coefficient (Wildman–Crippen LogP) is 1.06. The van der Waals surface area contributed by atoms with Crippen molar-refractivity contribution < 1.29 is 4.79 Å². The highest BCUT2D eigenvalue weighted by atomic mass is 32.2. The number of fused-ring (bicyclic) bond motifs is 1. The van der Waals surface area contributed by atoms with E-state index in [0.29, 0.717) is 0 Å². The molecule has 0 aliphatic carbocycles. The lowest BCUT2D eigenvalue weighted by Crippen LogP contribution is -2.19. The summed E-state index contributed by atoms with van der Waals surface area (Å²) >= 11 is 1.35. The fourth-order valence-electron chi connectivity index (χ4n) is 2.09. The minimum Gasteiger partial charge on any atom is -0.333 e. The van der Waals surface area contributed by atoms with Gasteiger partial charge in [-0.1, -0.05) is 53.6 Å². The third-order valence-electron chi connectivity index (χ3n) is 3.15. The van der Waals surface area contributed by atoms with E-state index in [9.17, 15) is 4.79 Å². The van der Waals surface area contributed by atoms with Crippen LogP contribution in [0.2, 0.25) is 0 Å². The van der Waals surface area contributed by atoms with Crippen LogP contribution in [0.3, 0.4) is 0 Å². The molecule has 114 valence electrons. The third-order valence-corrected chi connectivity index (χ3v) is 4.03. The first-order chi connectivity index (χ1) is 11.2. The molecule has 0 saturated carbocycles. The van der Waals surface area contributed by atoms with Gasteiger partial charge in [0, 0.05) is 0 Å². The second-order valence-corrected chi connectivity index (χ2v) is 6.02. The summed E-state index contributed by atoms with van der Waals surface area (Å²) in [7, 11) is 2.01. The van der Waals surface area contributed by atoms with Gasteiger partial charge in [-0.25, -0.2) is 10.4 Å². The fourth-order valence-corrected chi connectivity index (χ4v) is 2.77. The van der Waals surface area contributed by atoms with Gasteiger partial charge in [0.1, 0.15) is 7.85 Å². The van der Waals surface area contributed by atoms with Crippen molar-refractivity contribution in [2.24, 2.45) is 5.10 Å². The Morgan fingerprint density at radius 1 is 1.30 bits per heavy atom. The lowest BCUT2D eigenvalue weighted by molar-refractivity contribution is -0.118. The Labute approximate surface area is 139 Å². The first-order valence-corrected chi connectivity index (χ1v) is 8.15. The summed E-state index contributed by atoms with van der Waals surface area (Å²) in [6, 6.07) is 15.7. The predicted molar refractivity (Wildman–Crippen MR) is 97.2 cm³/mol. The molecule has 23 heavy (non-hydrogen) atoms. The quantitative estimate of drug-likeness (QED) is 0.319. The number of hydrogen-bond donors (Lipinski definition) is 2. The summed E-state index contributed by atoms with van der Waals surface area (Å²) in [5, 5.41) is 4.70. The number of H-pyrrole nitrogens is 1. The van der Waals surface area contributed by atoms with Gasteiger partial charge in [-0.3, -0.25) is 4.79 Å². The number of aromatic amines is 1. The Bertz CT molecular complexity index is 829. The van der Waals surface area contributed by atoms with Gasteiger partial charge in [0.05, 0.1) is 23.0 Å². The van der Waals surface area contributed by atoms with Gasteiger partial charge in [-0.15, -0.1) is 0 Å². The van der Waals surface area contributed by atoms with E-state index in [-0.39, 0.29) is 11.7 Å². The molecular formula is C16H15BN4OS. The topological polar surface area (TPSA) is 70.1 Å². The van der Waals surface area contributed by atoms with Crippen molar-refractivity contribution in [2.45, 2.75) is 5.16 Å². The fraction of sp³-hybridized carbons (Fsp3) is 0.0625. The van der Waals surface area contributed by atoms with Crippen LogP contribution in [0.5, 0.6) is 0 Å². The second-order valence-electron chi connectivity index (χ2n) is 5.06. The standard InChI is InChI=1S/C16H15BN4OS/c17-12-5-3-4-11(8-12)9-18-21-15(22)10-23-16-19-13-6-1-2-7-14(13)20-16/h1-9H,10,17H2,(H,19,20)(H,21,22)/b18-9+. The summed E-state index contributed by atoms with van der Waals surface area (Å²) in [6.07, 6.45) is 1.64. The van der Waals surface area contributed by atoms with E-state index in [0.717, 1.165) is 27.2 Å². The lowest BCUT2D eigenvalue weighted by atomic mass is 9.95. The summed E-state index contributed by atoms with van der Waals surface area (Å²) in [6.45, 7) is 0. The highest BCUT2D eigenvalue weighted by Gasteiger charge is 2.06. The van der Waals surface area contributed by atoms with E-state index < -0.39 is 0 Å². The van der Waals surface area contributed by atoms with Crippen molar-refractivity contribution in [1.82, 2.24) is 15.4 Å². The number of hydrogen-bond acceptors (Lipinski definition) is 4. The number of carbonyl (C=O) groups excluding carboxylic acids is 1. The minimum atomic E-state index is -0.167. The number of hydrazone groups is 1. The molecule has 2 N–H and O–H groups in total. The van der Waals surface area contributed by atoms with Crippen molar-refractivity contribution in [1.29, 1.82) is 0 Å². The van der Waals surface area contributed by atoms with Gasteiger partial charge in [0.15, 0.2) is 5.16 Å². The van der Waals surface area contributed by atoms with Crippen LogP contribution < -0.4 is 10.9 Å². The molecule has 0 bridgehead atoms. The Balaban J connectivity index is 1.51. The van der Waals surface area contributed by atoms with Crippen molar-refractivity contribution in [3.63, 3.8) is 0 Å². The Morgan fingerprint density at radius 3 is 3.00 bits per heavy atom. The van der Waals surface area contributed by atoms with Crippen molar-refractivity contribution in [3.8, 4) is 0 Å². The Kier molecular flexibility index (Phi) is 4.78. The van der Waals surface area contributed by atoms with Crippen LogP contribution in [0.4, 0.5) is 0 Å². The Hall–Kier alpha value is -2.54. The molecule has 0 fully saturated rings. The first kappa shape index (κ1) is 15.4. The number of aromatic nitrogens is 2. The molecule has 7 heteroatoms. The Morgan fingerprint density at radius 2 is 2.17 bits per heavy atom. The molecular weight excluding hydrogens is 307 g/mol. The first-order valence-electron chi connectivity index (χ1n) is 7.17. The number of para-hydroxylation sites is 2. The van der Waals surface area contributed by atoms with Crippen molar-refractivity contribution >= 4 is 48.2 Å². The second kappa shape index (κ2) is 7.15. The number of thioether (sulfide) groups is 1. The molecule has 0 atom stereocenters. The van der Waals surface area contributed by atoms with E-state index in [1.807, 2.05) is 56.4 Å². The van der Waals surface area contributed by atoms with Crippen molar-refractivity contribution in [3.05, 3.63) is 54.1 Å². The highest BCUT2D eigenvalue weighted by Crippen LogP contribution is 2.18. The lowest BCUT2D eigenvalue weighted by Gasteiger charge is -1.98. The van der Waals surface area contributed by atoms with Gasteiger partial charge < -0.3 is 4.98 Å². The number of imidazole rings is 1. The molecule has 1 aromatic heterocycles. The molecule has 0 radical (unpaired) electrons. The number of rotatable bonds is 5. The molecule has 3 aromatic rings. The number of nitrogens with zero attached hydrogens (tertiary/aromatic N) is 2. The molecule has 1 amide bonds. The van der Waals surface area contributed by atoms with Crippen LogP contribution in [-0.2, 0) is 4.79 Å². The molecule has 0 spiro atoms. The third kappa shape index (κ3) is 4.23. The van der Waals surface area contributed by atoms with Gasteiger partial charge in [0.2, 0.25) is 0 Å². The minimum absolute atomic E-state index is 0.167. The molecule has 3 rings (SSSR count). The summed E-state index contributed by atoms with van der Waals surface area (Å²) < 4.78 is 0. The molecule has 0 unspecified atom stereocenters. The zero-order chi connectivity index (χ0) is 16.1. The van der Waals surface area contributed by atoms with Crippen LogP contribution in [0.25, 0.3) is 11.0 Å². The van der Waals surface area contributed by atoms with Gasteiger partial charge in [-0.2, -0.15) is 5.10 Å². The van der Waals surface area contributed by atoms with Crippen molar-refractivity contribution in [2.75, 3.05) is 5.75 Å². The molecule has 5 nitrogen and oxygen atoms in total. The normalized spacial score (nSPS) is 11.1. The average Bonchev–Trinajstić information content (AvgIpc) is 2.96. The smallest absolute Gasteiger partial charge is 0.250 e. The molecule has 0 aliphatic heterocycles. The van der Waals surface area contributed by atoms with Crippen LogP contribution in [0.15, 0.2) is 58.8 Å². The van der Waals surface area contributed by atoms with Crippen LogP contribution in [0.1, 0.15) is 5.56 Å². The van der Waals surface area contributed by atoms with Crippen LogP contribution >= 0.6 is 11.8 Å². The average molecular weight is 322 g/mol. The maximum absolute atomic E-state index is 11.8. The van der Waals surface area contributed by atoms with Gasteiger partial charge >= 0.3 is 0 Å². The molecule has 1 heterocycles. The zero-order valence-electron chi connectivity index (χ0n) is 12.6. The maximum atomic E-state index is 11.8. The number of amides is 1.